The number of urea groups is 1. The molecule has 4 aromatic rings. The van der Waals surface area contributed by atoms with Crippen LogP contribution in [0.4, 0.5) is 36.8 Å². The van der Waals surface area contributed by atoms with Crippen LogP contribution in [0.25, 0.3) is 16.9 Å². The number of carbonyl (C=O) groups excluding carboxylic acids is 1. The number of fused-ring (bicyclic) bond motifs is 1. The van der Waals surface area contributed by atoms with Gasteiger partial charge in [-0.15, -0.1) is 0 Å². The van der Waals surface area contributed by atoms with Crippen LogP contribution in [0.3, 0.4) is 0 Å². The summed E-state index contributed by atoms with van der Waals surface area (Å²) in [5.74, 6) is -2.54. The summed E-state index contributed by atoms with van der Waals surface area (Å²) in [6.45, 7) is 4.25. The predicted molar refractivity (Wildman–Crippen MR) is 150 cm³/mol. The maximum Gasteiger partial charge on any atom is 0.416 e. The van der Waals surface area contributed by atoms with E-state index in [0.29, 0.717) is 43.1 Å². The number of nitrogens with zero attached hydrogens (tertiary/aromatic N) is 3. The quantitative estimate of drug-likeness (QED) is 0.221. The number of nitrogens with one attached hydrogen (secondary N) is 1. The normalized spacial score (nSPS) is 13.7. The summed E-state index contributed by atoms with van der Waals surface area (Å²) in [4.78, 5) is 13.1. The number of anilines is 1. The van der Waals surface area contributed by atoms with E-state index in [-0.39, 0.29) is 29.9 Å². The molecule has 0 spiro atoms. The molecule has 3 aromatic carbocycles. The fourth-order valence-corrected chi connectivity index (χ4v) is 5.56. The average Bonchev–Trinajstić information content (AvgIpc) is 3.32. The summed E-state index contributed by atoms with van der Waals surface area (Å²) in [5, 5.41) is 6.91. The number of alkyl halides is 3. The number of hydrogen-bond acceptors (Lipinski definition) is 3. The maximum absolute atomic E-state index is 15.8. The van der Waals surface area contributed by atoms with Crippen LogP contribution in [0.5, 0.6) is 0 Å². The number of halogens is 6. The van der Waals surface area contributed by atoms with Crippen LogP contribution in [-0.2, 0) is 38.5 Å². The minimum absolute atomic E-state index is 0.0957. The van der Waals surface area contributed by atoms with Gasteiger partial charge in [-0.25, -0.2) is 22.6 Å². The van der Waals surface area contributed by atoms with Crippen molar-refractivity contribution in [1.82, 2.24) is 14.7 Å². The molecule has 226 valence electrons. The molecule has 5 rings (SSSR count). The zero-order valence-corrected chi connectivity index (χ0v) is 23.5. The second-order valence-corrected chi connectivity index (χ2v) is 10.4. The molecule has 0 atom stereocenters. The molecule has 0 saturated heterocycles. The molecule has 2 heterocycles. The van der Waals surface area contributed by atoms with Crippen LogP contribution in [0.15, 0.2) is 48.5 Å². The molecule has 2 amide bonds. The summed E-state index contributed by atoms with van der Waals surface area (Å²) in [5.41, 5.74) is 7.47. The number of amides is 2. The minimum atomic E-state index is -4.63. The number of carbonyl (C=O) groups is 1. The van der Waals surface area contributed by atoms with Crippen molar-refractivity contribution in [1.29, 1.82) is 0 Å². The molecular weight excluding hydrogens is 572 g/mol. The molecule has 0 unspecified atom stereocenters. The minimum Gasteiger partial charge on any atom is -0.351 e. The zero-order chi connectivity index (χ0) is 31.1. The van der Waals surface area contributed by atoms with Crippen LogP contribution < -0.4 is 11.1 Å². The van der Waals surface area contributed by atoms with Crippen molar-refractivity contribution in [2.24, 2.45) is 5.73 Å². The van der Waals surface area contributed by atoms with Crippen LogP contribution in [0.1, 0.15) is 47.4 Å². The van der Waals surface area contributed by atoms with Crippen molar-refractivity contribution < 1.29 is 31.1 Å². The van der Waals surface area contributed by atoms with E-state index in [1.54, 1.807) is 9.58 Å². The topological polar surface area (TPSA) is 76.2 Å². The van der Waals surface area contributed by atoms with Crippen LogP contribution >= 0.6 is 0 Å². The van der Waals surface area contributed by atoms with Gasteiger partial charge >= 0.3 is 12.2 Å². The number of nitrogens with two attached hydrogens (primary N) is 1. The second-order valence-electron chi connectivity index (χ2n) is 10.4. The molecule has 1 aliphatic rings. The van der Waals surface area contributed by atoms with Gasteiger partial charge in [0.05, 0.1) is 28.3 Å². The molecular formula is C31H29F6N5O. The Bertz CT molecular complexity index is 1670. The van der Waals surface area contributed by atoms with Crippen molar-refractivity contribution in [3.63, 3.8) is 0 Å². The molecule has 1 aliphatic heterocycles. The molecule has 6 nitrogen and oxygen atoms in total. The highest BCUT2D eigenvalue weighted by Crippen LogP contribution is 2.38. The Morgan fingerprint density at radius 1 is 0.953 bits per heavy atom. The van der Waals surface area contributed by atoms with Gasteiger partial charge in [-0.05, 0) is 48.2 Å². The van der Waals surface area contributed by atoms with Gasteiger partial charge in [-0.2, -0.15) is 18.3 Å². The average molecular weight is 602 g/mol. The van der Waals surface area contributed by atoms with Crippen molar-refractivity contribution >= 4 is 11.7 Å². The van der Waals surface area contributed by atoms with E-state index in [9.17, 15) is 22.4 Å². The summed E-state index contributed by atoms with van der Waals surface area (Å²) < 4.78 is 87.2. The van der Waals surface area contributed by atoms with Gasteiger partial charge < -0.3 is 11.1 Å². The summed E-state index contributed by atoms with van der Waals surface area (Å²) in [6.07, 6.45) is -3.03. The first kappa shape index (κ1) is 30.1. The first-order chi connectivity index (χ1) is 20.4. The van der Waals surface area contributed by atoms with E-state index >= 15 is 8.78 Å². The Kier molecular flexibility index (Phi) is 8.24. The number of hydrogen-bond donors (Lipinski definition) is 2. The Labute approximate surface area is 244 Å². The van der Waals surface area contributed by atoms with Gasteiger partial charge in [0.1, 0.15) is 17.5 Å². The summed E-state index contributed by atoms with van der Waals surface area (Å²) >= 11 is 0. The Balaban J connectivity index is 1.66. The van der Waals surface area contributed by atoms with E-state index in [2.05, 4.69) is 5.32 Å². The fraction of sp³-hybridized carbons (Fsp3) is 0.290. The van der Waals surface area contributed by atoms with Crippen molar-refractivity contribution in [2.75, 3.05) is 11.9 Å². The third-order valence-electron chi connectivity index (χ3n) is 7.63. The van der Waals surface area contributed by atoms with Gasteiger partial charge in [0, 0.05) is 48.8 Å². The molecule has 0 fully saturated rings. The molecule has 0 aliphatic carbocycles. The van der Waals surface area contributed by atoms with E-state index < -0.39 is 40.9 Å². The SMILES string of the molecule is CCc1cccc(CC)c1-n1nc2c(c1-c1cc(F)c(NC(N)=O)cc1F)CN(Cc1cc(C(F)(F)F)ccc1F)CC2. The van der Waals surface area contributed by atoms with Gasteiger partial charge in [0.15, 0.2) is 0 Å². The number of primary amides is 1. The standard InChI is InChI=1S/C31H29F6N5O/c1-3-17-6-5-7-18(4-2)28(17)42-29(21-13-25(34)27(14-24(21)33)39-30(38)43)22-16-41(11-10-26(22)40-42)15-19-12-20(31(35,36)37)8-9-23(19)32/h5-9,12-14H,3-4,10-11,15-16H2,1-2H3,(H3,38,39,43). The highest BCUT2D eigenvalue weighted by molar-refractivity contribution is 5.88. The van der Waals surface area contributed by atoms with E-state index in [0.717, 1.165) is 41.1 Å². The highest BCUT2D eigenvalue weighted by Gasteiger charge is 2.33. The monoisotopic (exact) mass is 601 g/mol. The van der Waals surface area contributed by atoms with E-state index in [1.165, 1.54) is 0 Å². The lowest BCUT2D eigenvalue weighted by Crippen LogP contribution is -2.30. The van der Waals surface area contributed by atoms with E-state index in [1.807, 2.05) is 32.0 Å². The van der Waals surface area contributed by atoms with Gasteiger partial charge in [-0.3, -0.25) is 4.90 Å². The van der Waals surface area contributed by atoms with Crippen molar-refractivity contribution in [3.8, 4) is 16.9 Å². The van der Waals surface area contributed by atoms with Gasteiger partial charge in [0.25, 0.3) is 0 Å². The van der Waals surface area contributed by atoms with Crippen LogP contribution in [0, 0.1) is 17.5 Å². The third-order valence-corrected chi connectivity index (χ3v) is 7.63. The van der Waals surface area contributed by atoms with Gasteiger partial charge in [-0.1, -0.05) is 32.0 Å². The molecule has 3 N–H and O–H groups in total. The maximum atomic E-state index is 15.8. The third kappa shape index (κ3) is 5.96. The van der Waals surface area contributed by atoms with Crippen molar-refractivity contribution in [3.05, 3.63) is 99.5 Å². The number of aryl methyl sites for hydroxylation is 2. The molecule has 1 aromatic heterocycles. The molecule has 12 heteroatoms. The largest absolute Gasteiger partial charge is 0.416 e. The smallest absolute Gasteiger partial charge is 0.351 e. The van der Waals surface area contributed by atoms with Crippen LogP contribution in [0.2, 0.25) is 0 Å². The van der Waals surface area contributed by atoms with Crippen molar-refractivity contribution in [2.45, 2.75) is 52.4 Å². The number of rotatable bonds is 7. The number of benzene rings is 3. The lowest BCUT2D eigenvalue weighted by Gasteiger charge is -2.27. The van der Waals surface area contributed by atoms with Crippen LogP contribution in [-0.4, -0.2) is 27.3 Å². The first-order valence-corrected chi connectivity index (χ1v) is 13.8. The Morgan fingerprint density at radius 2 is 1.65 bits per heavy atom. The predicted octanol–water partition coefficient (Wildman–Crippen LogP) is 7.15. The molecule has 0 bridgehead atoms. The summed E-state index contributed by atoms with van der Waals surface area (Å²) in [6, 6.07) is 8.79. The van der Waals surface area contributed by atoms with E-state index in [4.69, 9.17) is 10.8 Å². The Morgan fingerprint density at radius 3 is 2.28 bits per heavy atom. The van der Waals surface area contributed by atoms with Gasteiger partial charge in [0.2, 0.25) is 0 Å². The Hall–Kier alpha value is -4.32. The first-order valence-electron chi connectivity index (χ1n) is 13.8. The lowest BCUT2D eigenvalue weighted by molar-refractivity contribution is -0.137. The lowest BCUT2D eigenvalue weighted by atomic mass is 9.98. The molecule has 0 radical (unpaired) electrons. The number of aromatic nitrogens is 2. The molecule has 0 saturated carbocycles. The second kappa shape index (κ2) is 11.8. The molecule has 43 heavy (non-hydrogen) atoms. The zero-order valence-electron chi connectivity index (χ0n) is 23.5. The summed E-state index contributed by atoms with van der Waals surface area (Å²) in [7, 11) is 0. The number of para-hydroxylation sites is 1. The fourth-order valence-electron chi connectivity index (χ4n) is 5.56. The highest BCUT2D eigenvalue weighted by atomic mass is 19.4.